The first-order valence-corrected chi connectivity index (χ1v) is 5.34. The number of carbonyl (C=O) groups is 2. The molecule has 1 saturated heterocycles. The highest BCUT2D eigenvalue weighted by Gasteiger charge is 2.57. The summed E-state index contributed by atoms with van der Waals surface area (Å²) in [5, 5.41) is 2.76. The molecule has 1 fully saturated rings. The van der Waals surface area contributed by atoms with E-state index in [0.717, 1.165) is 11.3 Å². The zero-order valence-corrected chi connectivity index (χ0v) is 8.99. The van der Waals surface area contributed by atoms with Crippen molar-refractivity contribution in [3.63, 3.8) is 0 Å². The van der Waals surface area contributed by atoms with E-state index in [0.29, 0.717) is 13.0 Å². The number of amides is 2. The maximum Gasteiger partial charge on any atom is 0.247 e. The predicted molar refractivity (Wildman–Crippen MR) is 59.2 cm³/mol. The average molecular weight is 216 g/mol. The van der Waals surface area contributed by atoms with Gasteiger partial charge in [0.25, 0.3) is 0 Å². The molecule has 4 heteroatoms. The van der Waals surface area contributed by atoms with Gasteiger partial charge in [-0.3, -0.25) is 9.59 Å². The third-order valence-electron chi connectivity index (χ3n) is 3.57. The maximum absolute atomic E-state index is 12.3. The zero-order valence-electron chi connectivity index (χ0n) is 8.99. The molecule has 2 heterocycles. The second-order valence-electron chi connectivity index (χ2n) is 4.29. The van der Waals surface area contributed by atoms with Crippen LogP contribution >= 0.6 is 0 Å². The van der Waals surface area contributed by atoms with Gasteiger partial charge in [-0.2, -0.15) is 0 Å². The molecule has 16 heavy (non-hydrogen) atoms. The van der Waals surface area contributed by atoms with Crippen LogP contribution in [-0.2, 0) is 15.0 Å². The third kappa shape index (κ3) is 0.852. The number of carbonyl (C=O) groups excluding carboxylic acids is 2. The van der Waals surface area contributed by atoms with E-state index < -0.39 is 5.41 Å². The van der Waals surface area contributed by atoms with Crippen LogP contribution in [0.3, 0.4) is 0 Å². The molecule has 0 aliphatic carbocycles. The van der Waals surface area contributed by atoms with Crippen LogP contribution in [-0.4, -0.2) is 25.4 Å². The zero-order chi connectivity index (χ0) is 11.3. The average Bonchev–Trinajstić information content (AvgIpc) is 2.78. The van der Waals surface area contributed by atoms with E-state index in [2.05, 4.69) is 5.32 Å². The number of rotatable bonds is 0. The number of nitrogens with zero attached hydrogens (tertiary/aromatic N) is 1. The van der Waals surface area contributed by atoms with Crippen LogP contribution in [0.5, 0.6) is 0 Å². The molecule has 82 valence electrons. The summed E-state index contributed by atoms with van der Waals surface area (Å²) in [5.41, 5.74) is 0.743. The van der Waals surface area contributed by atoms with E-state index >= 15 is 0 Å². The van der Waals surface area contributed by atoms with Crippen molar-refractivity contribution in [1.82, 2.24) is 5.32 Å². The monoisotopic (exact) mass is 216 g/mol. The Kier molecular flexibility index (Phi) is 1.67. The smallest absolute Gasteiger partial charge is 0.247 e. The molecule has 1 aromatic carbocycles. The lowest BCUT2D eigenvalue weighted by atomic mass is 9.80. The molecular weight excluding hydrogens is 204 g/mol. The summed E-state index contributed by atoms with van der Waals surface area (Å²) in [7, 11) is 1.72. The lowest BCUT2D eigenvalue weighted by Crippen LogP contribution is -2.44. The summed E-state index contributed by atoms with van der Waals surface area (Å²) in [6, 6.07) is 7.52. The molecule has 2 aliphatic rings. The minimum atomic E-state index is -0.953. The Morgan fingerprint density at radius 3 is 2.75 bits per heavy atom. The highest BCUT2D eigenvalue weighted by atomic mass is 16.2. The molecule has 2 amide bonds. The van der Waals surface area contributed by atoms with Gasteiger partial charge in [-0.15, -0.1) is 0 Å². The highest BCUT2D eigenvalue weighted by molar-refractivity contribution is 6.22. The van der Waals surface area contributed by atoms with E-state index in [1.165, 1.54) is 0 Å². The molecule has 2 aliphatic heterocycles. The molecule has 4 nitrogen and oxygen atoms in total. The van der Waals surface area contributed by atoms with Gasteiger partial charge < -0.3 is 10.2 Å². The van der Waals surface area contributed by atoms with Crippen LogP contribution in [0.2, 0.25) is 0 Å². The highest BCUT2D eigenvalue weighted by Crippen LogP contribution is 2.44. The van der Waals surface area contributed by atoms with Gasteiger partial charge in [0.1, 0.15) is 0 Å². The molecule has 1 atom stereocenters. The lowest BCUT2D eigenvalue weighted by Gasteiger charge is -2.18. The van der Waals surface area contributed by atoms with Gasteiger partial charge in [0.15, 0.2) is 5.41 Å². The minimum Gasteiger partial charge on any atom is -0.355 e. The number of para-hydroxylation sites is 1. The maximum atomic E-state index is 12.3. The standard InChI is InChI=1S/C12H12N2O2/c1-14-9-5-3-2-4-8(9)12(11(14)16)6-7-13-10(12)15/h2-5H,6-7H2,1H3,(H,13,15). The predicted octanol–water partition coefficient (Wildman–Crippen LogP) is 0.421. The van der Waals surface area contributed by atoms with Crippen molar-refractivity contribution in [3.05, 3.63) is 29.8 Å². The molecule has 1 aromatic rings. The van der Waals surface area contributed by atoms with Crippen LogP contribution in [0.4, 0.5) is 5.69 Å². The van der Waals surface area contributed by atoms with Crippen molar-refractivity contribution < 1.29 is 9.59 Å². The summed E-state index contributed by atoms with van der Waals surface area (Å²) in [6.45, 7) is 0.576. The second-order valence-corrected chi connectivity index (χ2v) is 4.29. The normalized spacial score (nSPS) is 27.4. The largest absolute Gasteiger partial charge is 0.355 e. The first-order valence-electron chi connectivity index (χ1n) is 5.34. The fraction of sp³-hybridized carbons (Fsp3) is 0.333. The van der Waals surface area contributed by atoms with Gasteiger partial charge in [0, 0.05) is 24.8 Å². The Hall–Kier alpha value is -1.84. The number of fused-ring (bicyclic) bond motifs is 2. The Labute approximate surface area is 93.2 Å². The molecule has 1 unspecified atom stereocenters. The lowest BCUT2D eigenvalue weighted by molar-refractivity contribution is -0.132. The van der Waals surface area contributed by atoms with E-state index in [-0.39, 0.29) is 11.8 Å². The van der Waals surface area contributed by atoms with Gasteiger partial charge in [-0.25, -0.2) is 0 Å². The number of nitrogens with one attached hydrogen (secondary N) is 1. The number of hydrogen-bond donors (Lipinski definition) is 1. The fourth-order valence-electron chi connectivity index (χ4n) is 2.73. The SMILES string of the molecule is CN1C(=O)C2(CCNC2=O)c2ccccc21. The van der Waals surface area contributed by atoms with Gasteiger partial charge in [-0.05, 0) is 12.5 Å². The fourth-order valence-corrected chi connectivity index (χ4v) is 2.73. The summed E-state index contributed by atoms with van der Waals surface area (Å²) in [6.07, 6.45) is 0.562. The van der Waals surface area contributed by atoms with Crippen LogP contribution in [0.15, 0.2) is 24.3 Å². The first-order chi connectivity index (χ1) is 7.68. The van der Waals surface area contributed by atoms with Crippen LogP contribution in [0.25, 0.3) is 0 Å². The van der Waals surface area contributed by atoms with Gasteiger partial charge in [-0.1, -0.05) is 18.2 Å². The molecular formula is C12H12N2O2. The van der Waals surface area contributed by atoms with Gasteiger partial charge in [0.2, 0.25) is 11.8 Å². The Morgan fingerprint density at radius 1 is 1.31 bits per heavy atom. The molecule has 1 spiro atoms. The number of hydrogen-bond acceptors (Lipinski definition) is 2. The Bertz CT molecular complexity index is 498. The molecule has 0 aromatic heterocycles. The van der Waals surface area contributed by atoms with Gasteiger partial charge >= 0.3 is 0 Å². The number of likely N-dealkylation sites (N-methyl/N-ethyl adjacent to an activating group) is 1. The van der Waals surface area contributed by atoms with Crippen molar-refractivity contribution in [2.45, 2.75) is 11.8 Å². The van der Waals surface area contributed by atoms with E-state index in [9.17, 15) is 9.59 Å². The quantitative estimate of drug-likeness (QED) is 0.639. The van der Waals surface area contributed by atoms with E-state index in [4.69, 9.17) is 0 Å². The molecule has 3 rings (SSSR count). The van der Waals surface area contributed by atoms with Crippen molar-refractivity contribution in [2.75, 3.05) is 18.5 Å². The molecule has 1 N–H and O–H groups in total. The van der Waals surface area contributed by atoms with Crippen LogP contribution in [0.1, 0.15) is 12.0 Å². The van der Waals surface area contributed by atoms with E-state index in [1.807, 2.05) is 24.3 Å². The van der Waals surface area contributed by atoms with Crippen LogP contribution < -0.4 is 10.2 Å². The minimum absolute atomic E-state index is 0.108. The Balaban J connectivity index is 2.28. The van der Waals surface area contributed by atoms with Crippen LogP contribution in [0, 0.1) is 0 Å². The summed E-state index contributed by atoms with van der Waals surface area (Å²) < 4.78 is 0. The second kappa shape index (κ2) is 2.84. The topological polar surface area (TPSA) is 49.4 Å². The molecule has 0 bridgehead atoms. The van der Waals surface area contributed by atoms with Crippen molar-refractivity contribution >= 4 is 17.5 Å². The van der Waals surface area contributed by atoms with Gasteiger partial charge in [0.05, 0.1) is 0 Å². The first kappa shape index (κ1) is 9.39. The van der Waals surface area contributed by atoms with E-state index in [1.54, 1.807) is 11.9 Å². The summed E-state index contributed by atoms with van der Waals surface area (Å²) in [4.78, 5) is 25.8. The van der Waals surface area contributed by atoms with Crippen molar-refractivity contribution in [3.8, 4) is 0 Å². The molecule has 0 saturated carbocycles. The number of benzene rings is 1. The summed E-state index contributed by atoms with van der Waals surface area (Å²) >= 11 is 0. The third-order valence-corrected chi connectivity index (χ3v) is 3.57. The molecule has 0 radical (unpaired) electrons. The summed E-state index contributed by atoms with van der Waals surface area (Å²) in [5.74, 6) is -0.266. The van der Waals surface area contributed by atoms with Crippen molar-refractivity contribution in [2.24, 2.45) is 0 Å². The Morgan fingerprint density at radius 2 is 2.06 bits per heavy atom. The number of anilines is 1. The van der Waals surface area contributed by atoms with Crippen molar-refractivity contribution in [1.29, 1.82) is 0 Å².